The Kier molecular flexibility index (Phi) is 4.69. The fraction of sp³-hybridized carbons (Fsp3) is 0.261. The summed E-state index contributed by atoms with van der Waals surface area (Å²) in [6, 6.07) is 18.8. The molecule has 0 amide bonds. The summed E-state index contributed by atoms with van der Waals surface area (Å²) in [6.45, 7) is 1.45. The number of ether oxygens (including phenoxy) is 1. The molecule has 6 heteroatoms. The third-order valence-electron chi connectivity index (χ3n) is 5.53. The third kappa shape index (κ3) is 3.59. The van der Waals surface area contributed by atoms with Crippen molar-refractivity contribution in [3.8, 4) is 11.1 Å². The van der Waals surface area contributed by atoms with Crippen LogP contribution in [0.2, 0.25) is 0 Å². The van der Waals surface area contributed by atoms with Crippen molar-refractivity contribution in [1.82, 2.24) is 19.6 Å². The van der Waals surface area contributed by atoms with E-state index >= 15 is 0 Å². The van der Waals surface area contributed by atoms with E-state index in [1.54, 1.807) is 0 Å². The number of rotatable bonds is 4. The van der Waals surface area contributed by atoms with Crippen LogP contribution in [0.15, 0.2) is 65.6 Å². The first-order valence-corrected chi connectivity index (χ1v) is 9.97. The molecular formula is C23H22N4O2. The molecule has 146 valence electrons. The van der Waals surface area contributed by atoms with Gasteiger partial charge in [-0.05, 0) is 29.5 Å². The molecule has 1 aliphatic rings. The van der Waals surface area contributed by atoms with Crippen LogP contribution in [-0.4, -0.2) is 32.8 Å². The lowest BCUT2D eigenvalue weighted by Gasteiger charge is -2.20. The number of H-pyrrole nitrogens is 1. The molecule has 1 N–H and O–H groups in total. The molecule has 2 aromatic heterocycles. The van der Waals surface area contributed by atoms with Crippen LogP contribution in [0.5, 0.6) is 0 Å². The topological polar surface area (TPSA) is 72.3 Å². The molecule has 4 aromatic rings. The summed E-state index contributed by atoms with van der Waals surface area (Å²) in [5.41, 5.74) is 4.52. The van der Waals surface area contributed by atoms with Crippen molar-refractivity contribution < 1.29 is 4.74 Å². The lowest BCUT2D eigenvalue weighted by Crippen LogP contribution is -2.18. The molecule has 0 spiro atoms. The van der Waals surface area contributed by atoms with Gasteiger partial charge in [0, 0.05) is 37.4 Å². The summed E-state index contributed by atoms with van der Waals surface area (Å²) in [5.74, 6) is 1.13. The first kappa shape index (κ1) is 17.8. The maximum atomic E-state index is 12.5. The SMILES string of the molecule is O=c1[nH]c(Cc2ccc(-c3ccccc3)cc2)cn2c(C3CCOCC3)nnc12. The lowest BCUT2D eigenvalue weighted by atomic mass is 9.99. The van der Waals surface area contributed by atoms with Crippen molar-refractivity contribution >= 4 is 5.65 Å². The molecule has 1 saturated heterocycles. The smallest absolute Gasteiger partial charge is 0.293 e. The minimum Gasteiger partial charge on any atom is -0.381 e. The summed E-state index contributed by atoms with van der Waals surface area (Å²) in [4.78, 5) is 15.5. The number of nitrogens with one attached hydrogen (secondary N) is 1. The predicted molar refractivity (Wildman–Crippen MR) is 111 cm³/mol. The standard InChI is InChI=1S/C23H22N4O2/c28-23-22-26-25-21(19-10-12-29-13-11-19)27(22)15-20(24-23)14-16-6-8-18(9-7-16)17-4-2-1-3-5-17/h1-9,15,19H,10-14H2,(H,24,28). The number of aromatic nitrogens is 4. The van der Waals surface area contributed by atoms with Crippen LogP contribution in [0.1, 0.15) is 35.8 Å². The van der Waals surface area contributed by atoms with Crippen molar-refractivity contribution in [2.24, 2.45) is 0 Å². The second kappa shape index (κ2) is 7.64. The zero-order valence-corrected chi connectivity index (χ0v) is 16.0. The zero-order chi connectivity index (χ0) is 19.6. The van der Waals surface area contributed by atoms with Crippen LogP contribution in [-0.2, 0) is 11.2 Å². The number of benzene rings is 2. The van der Waals surface area contributed by atoms with Gasteiger partial charge >= 0.3 is 0 Å². The van der Waals surface area contributed by atoms with E-state index in [-0.39, 0.29) is 11.5 Å². The predicted octanol–water partition coefficient (Wildman–Crippen LogP) is 3.57. The Morgan fingerprint density at radius 3 is 2.45 bits per heavy atom. The molecule has 0 aliphatic carbocycles. The molecule has 29 heavy (non-hydrogen) atoms. The van der Waals surface area contributed by atoms with Gasteiger partial charge in [0.1, 0.15) is 5.82 Å². The Labute approximate surface area is 168 Å². The maximum Gasteiger partial charge on any atom is 0.293 e. The molecule has 1 aliphatic heterocycles. The molecule has 1 fully saturated rings. The highest BCUT2D eigenvalue weighted by atomic mass is 16.5. The Morgan fingerprint density at radius 2 is 1.69 bits per heavy atom. The molecule has 6 nitrogen and oxygen atoms in total. The summed E-state index contributed by atoms with van der Waals surface area (Å²) in [6.07, 6.45) is 4.42. The molecule has 5 rings (SSSR count). The average Bonchev–Trinajstić information content (AvgIpc) is 3.20. The first-order chi connectivity index (χ1) is 14.3. The summed E-state index contributed by atoms with van der Waals surface area (Å²) in [5, 5.41) is 8.43. The van der Waals surface area contributed by atoms with E-state index in [2.05, 4.69) is 51.6 Å². The van der Waals surface area contributed by atoms with E-state index in [0.29, 0.717) is 12.1 Å². The number of nitrogens with zero attached hydrogens (tertiary/aromatic N) is 3. The number of hydrogen-bond donors (Lipinski definition) is 1. The van der Waals surface area contributed by atoms with E-state index in [4.69, 9.17) is 4.74 Å². The van der Waals surface area contributed by atoms with Crippen LogP contribution in [0.4, 0.5) is 0 Å². The van der Waals surface area contributed by atoms with E-state index in [0.717, 1.165) is 43.1 Å². The monoisotopic (exact) mass is 386 g/mol. The Morgan fingerprint density at radius 1 is 0.966 bits per heavy atom. The van der Waals surface area contributed by atoms with E-state index in [1.807, 2.05) is 28.8 Å². The van der Waals surface area contributed by atoms with E-state index in [9.17, 15) is 4.79 Å². The lowest BCUT2D eigenvalue weighted by molar-refractivity contribution is 0.0834. The summed E-state index contributed by atoms with van der Waals surface area (Å²) < 4.78 is 7.32. The van der Waals surface area contributed by atoms with Crippen molar-refractivity contribution in [2.45, 2.75) is 25.2 Å². The van der Waals surface area contributed by atoms with Crippen LogP contribution in [0.3, 0.4) is 0 Å². The van der Waals surface area contributed by atoms with Crippen LogP contribution >= 0.6 is 0 Å². The van der Waals surface area contributed by atoms with Gasteiger partial charge in [-0.25, -0.2) is 0 Å². The Hall–Kier alpha value is -3.25. The van der Waals surface area contributed by atoms with E-state index < -0.39 is 0 Å². The van der Waals surface area contributed by atoms with Crippen LogP contribution in [0.25, 0.3) is 16.8 Å². The summed E-state index contributed by atoms with van der Waals surface area (Å²) >= 11 is 0. The van der Waals surface area contributed by atoms with Crippen LogP contribution < -0.4 is 5.56 Å². The van der Waals surface area contributed by atoms with Gasteiger partial charge in [0.05, 0.1) is 0 Å². The van der Waals surface area contributed by atoms with Crippen molar-refractivity contribution in [1.29, 1.82) is 0 Å². The molecule has 0 unspecified atom stereocenters. The fourth-order valence-corrected chi connectivity index (χ4v) is 3.96. The molecule has 3 heterocycles. The fourth-order valence-electron chi connectivity index (χ4n) is 3.96. The van der Waals surface area contributed by atoms with E-state index in [1.165, 1.54) is 11.1 Å². The normalized spacial score (nSPS) is 15.0. The van der Waals surface area contributed by atoms with Gasteiger partial charge in [-0.1, -0.05) is 54.6 Å². The second-order valence-corrected chi connectivity index (χ2v) is 7.49. The van der Waals surface area contributed by atoms with Gasteiger partial charge in [-0.15, -0.1) is 10.2 Å². The van der Waals surface area contributed by atoms with Crippen molar-refractivity contribution in [3.05, 3.63) is 88.2 Å². The summed E-state index contributed by atoms with van der Waals surface area (Å²) in [7, 11) is 0. The Balaban J connectivity index is 1.43. The zero-order valence-electron chi connectivity index (χ0n) is 16.0. The highest BCUT2D eigenvalue weighted by Gasteiger charge is 2.22. The van der Waals surface area contributed by atoms with Crippen molar-refractivity contribution in [2.75, 3.05) is 13.2 Å². The molecular weight excluding hydrogens is 364 g/mol. The van der Waals surface area contributed by atoms with Gasteiger partial charge in [0.2, 0.25) is 5.65 Å². The highest BCUT2D eigenvalue weighted by molar-refractivity contribution is 5.63. The van der Waals surface area contributed by atoms with Gasteiger partial charge in [0.15, 0.2) is 0 Å². The van der Waals surface area contributed by atoms with Gasteiger partial charge in [-0.2, -0.15) is 0 Å². The minimum absolute atomic E-state index is 0.200. The Bertz CT molecular complexity index is 1170. The molecule has 0 radical (unpaired) electrons. The average molecular weight is 386 g/mol. The quantitative estimate of drug-likeness (QED) is 0.582. The molecule has 0 bridgehead atoms. The second-order valence-electron chi connectivity index (χ2n) is 7.49. The largest absolute Gasteiger partial charge is 0.381 e. The number of aromatic amines is 1. The molecule has 0 saturated carbocycles. The van der Waals surface area contributed by atoms with Gasteiger partial charge in [0.25, 0.3) is 5.56 Å². The third-order valence-corrected chi connectivity index (χ3v) is 5.53. The maximum absolute atomic E-state index is 12.5. The number of fused-ring (bicyclic) bond motifs is 1. The minimum atomic E-state index is -0.200. The molecule has 0 atom stereocenters. The first-order valence-electron chi connectivity index (χ1n) is 9.97. The van der Waals surface area contributed by atoms with Gasteiger partial charge < -0.3 is 9.72 Å². The highest BCUT2D eigenvalue weighted by Crippen LogP contribution is 2.25. The number of hydrogen-bond acceptors (Lipinski definition) is 4. The van der Waals surface area contributed by atoms with Crippen LogP contribution in [0, 0.1) is 0 Å². The molecule has 2 aromatic carbocycles. The van der Waals surface area contributed by atoms with Gasteiger partial charge in [-0.3, -0.25) is 9.20 Å². The van der Waals surface area contributed by atoms with Crippen molar-refractivity contribution in [3.63, 3.8) is 0 Å².